The lowest BCUT2D eigenvalue weighted by atomic mass is 9.71. The van der Waals surface area contributed by atoms with Gasteiger partial charge in [-0.3, -0.25) is 0 Å². The van der Waals surface area contributed by atoms with Crippen LogP contribution in [0.25, 0.3) is 0 Å². The number of hydrogen-bond acceptors (Lipinski definition) is 3. The molecule has 0 aliphatic heterocycles. The summed E-state index contributed by atoms with van der Waals surface area (Å²) in [4.78, 5) is 0. The van der Waals surface area contributed by atoms with Gasteiger partial charge < -0.3 is 15.2 Å². The molecule has 0 unspecified atom stereocenters. The second-order valence-electron chi connectivity index (χ2n) is 6.84. The van der Waals surface area contributed by atoms with Crippen molar-refractivity contribution in [3.8, 4) is 5.75 Å². The molecule has 0 saturated heterocycles. The minimum absolute atomic E-state index is 0.391. The normalized spacial score (nSPS) is 20.6. The van der Waals surface area contributed by atoms with E-state index in [0.29, 0.717) is 12.0 Å². The van der Waals surface area contributed by atoms with Gasteiger partial charge >= 0.3 is 0 Å². The third-order valence-electron chi connectivity index (χ3n) is 4.48. The van der Waals surface area contributed by atoms with E-state index in [1.165, 1.54) is 5.56 Å². The molecule has 0 heterocycles. The zero-order chi connectivity index (χ0) is 14.6. The number of aliphatic hydroxyl groups is 1. The van der Waals surface area contributed by atoms with Crippen LogP contribution in [0.2, 0.25) is 0 Å². The van der Waals surface area contributed by atoms with Crippen LogP contribution < -0.4 is 10.1 Å². The van der Waals surface area contributed by atoms with Crippen molar-refractivity contribution in [3.63, 3.8) is 0 Å². The minimum Gasteiger partial charge on any atom is -0.497 e. The fourth-order valence-electron chi connectivity index (χ4n) is 2.75. The number of methoxy groups -OCH3 is 1. The minimum atomic E-state index is -0.526. The number of benzene rings is 1. The molecule has 0 radical (unpaired) electrons. The van der Waals surface area contributed by atoms with Crippen LogP contribution in [0.1, 0.15) is 45.1 Å². The number of rotatable bonds is 5. The van der Waals surface area contributed by atoms with Gasteiger partial charge in [-0.05, 0) is 48.8 Å². The van der Waals surface area contributed by atoms with Crippen LogP contribution in [0.4, 0.5) is 0 Å². The van der Waals surface area contributed by atoms with Gasteiger partial charge in [0.05, 0.1) is 12.7 Å². The maximum atomic E-state index is 10.6. The number of ether oxygens (including phenoxy) is 1. The second-order valence-corrected chi connectivity index (χ2v) is 6.84. The zero-order valence-electron chi connectivity index (χ0n) is 12.9. The van der Waals surface area contributed by atoms with Crippen molar-refractivity contribution in [3.05, 3.63) is 29.8 Å². The molecule has 112 valence electrons. The van der Waals surface area contributed by atoms with Gasteiger partial charge in [0.1, 0.15) is 5.75 Å². The van der Waals surface area contributed by atoms with Gasteiger partial charge in [-0.1, -0.05) is 26.0 Å². The van der Waals surface area contributed by atoms with Crippen LogP contribution in [0.5, 0.6) is 5.75 Å². The molecule has 3 nitrogen and oxygen atoms in total. The molecule has 2 N–H and O–H groups in total. The molecule has 0 atom stereocenters. The highest BCUT2D eigenvalue weighted by Crippen LogP contribution is 2.39. The molecule has 2 rings (SSSR count). The first-order chi connectivity index (χ1) is 9.42. The summed E-state index contributed by atoms with van der Waals surface area (Å²) in [5.74, 6) is 0.877. The summed E-state index contributed by atoms with van der Waals surface area (Å²) >= 11 is 0. The van der Waals surface area contributed by atoms with Crippen molar-refractivity contribution in [1.82, 2.24) is 5.32 Å². The average molecular weight is 277 g/mol. The smallest absolute Gasteiger partial charge is 0.118 e. The second kappa shape index (κ2) is 6.15. The molecule has 1 aromatic carbocycles. The van der Waals surface area contributed by atoms with E-state index in [4.69, 9.17) is 4.74 Å². The van der Waals surface area contributed by atoms with Gasteiger partial charge in [0, 0.05) is 13.1 Å². The Morgan fingerprint density at radius 3 is 2.25 bits per heavy atom. The van der Waals surface area contributed by atoms with Gasteiger partial charge in [0.2, 0.25) is 0 Å². The highest BCUT2D eigenvalue weighted by Gasteiger charge is 2.36. The van der Waals surface area contributed by atoms with Crippen LogP contribution in [0.15, 0.2) is 24.3 Å². The van der Waals surface area contributed by atoms with E-state index >= 15 is 0 Å². The van der Waals surface area contributed by atoms with Crippen molar-refractivity contribution >= 4 is 0 Å². The fourth-order valence-corrected chi connectivity index (χ4v) is 2.75. The fraction of sp³-hybridized carbons (Fsp3) is 0.647. The Bertz CT molecular complexity index is 415. The molecule has 3 heteroatoms. The largest absolute Gasteiger partial charge is 0.497 e. The van der Waals surface area contributed by atoms with Crippen molar-refractivity contribution in [1.29, 1.82) is 0 Å². The van der Waals surface area contributed by atoms with Crippen LogP contribution in [0, 0.1) is 5.41 Å². The predicted octanol–water partition coefficient (Wildman–Crippen LogP) is 3.12. The Kier molecular flexibility index (Phi) is 4.71. The third kappa shape index (κ3) is 4.22. The van der Waals surface area contributed by atoms with Crippen LogP contribution in [0.3, 0.4) is 0 Å². The topological polar surface area (TPSA) is 41.5 Å². The van der Waals surface area contributed by atoms with Gasteiger partial charge in [-0.2, -0.15) is 0 Å². The molecule has 1 saturated carbocycles. The summed E-state index contributed by atoms with van der Waals surface area (Å²) in [6.07, 6.45) is 4.01. The van der Waals surface area contributed by atoms with Crippen LogP contribution in [-0.2, 0) is 6.54 Å². The Balaban J connectivity index is 1.77. The van der Waals surface area contributed by atoms with Crippen molar-refractivity contribution in [2.75, 3.05) is 13.7 Å². The SMILES string of the molecule is COc1ccc(CNCC2(O)CCC(C)(C)CC2)cc1. The molecule has 0 bridgehead atoms. The molecule has 1 fully saturated rings. The Labute approximate surface area is 122 Å². The summed E-state index contributed by atoms with van der Waals surface area (Å²) < 4.78 is 5.14. The van der Waals surface area contributed by atoms with E-state index in [9.17, 15) is 5.11 Å². The van der Waals surface area contributed by atoms with Gasteiger partial charge in [0.15, 0.2) is 0 Å². The first-order valence-electron chi connectivity index (χ1n) is 7.49. The van der Waals surface area contributed by atoms with Gasteiger partial charge in [-0.15, -0.1) is 0 Å². The van der Waals surface area contributed by atoms with Gasteiger partial charge in [0.25, 0.3) is 0 Å². The van der Waals surface area contributed by atoms with E-state index in [1.54, 1.807) is 7.11 Å². The molecule has 0 amide bonds. The predicted molar refractivity (Wildman–Crippen MR) is 81.9 cm³/mol. The first-order valence-corrected chi connectivity index (χ1v) is 7.49. The van der Waals surface area contributed by atoms with E-state index in [1.807, 2.05) is 12.1 Å². The molecule has 1 aromatic rings. The van der Waals surface area contributed by atoms with Crippen molar-refractivity contribution in [2.24, 2.45) is 5.41 Å². The van der Waals surface area contributed by atoms with E-state index in [2.05, 4.69) is 31.3 Å². The first kappa shape index (κ1) is 15.3. The highest BCUT2D eigenvalue weighted by molar-refractivity contribution is 5.27. The average Bonchev–Trinajstić information content (AvgIpc) is 2.44. The number of nitrogens with one attached hydrogen (secondary N) is 1. The van der Waals surface area contributed by atoms with Crippen molar-refractivity contribution < 1.29 is 9.84 Å². The molecule has 0 spiro atoms. The summed E-state index contributed by atoms with van der Waals surface area (Å²) in [5.41, 5.74) is 1.08. The molecular formula is C17H27NO2. The Morgan fingerprint density at radius 2 is 1.70 bits per heavy atom. The molecule has 20 heavy (non-hydrogen) atoms. The van der Waals surface area contributed by atoms with Crippen LogP contribution in [-0.4, -0.2) is 24.4 Å². The summed E-state index contributed by atoms with van der Waals surface area (Å²) in [6, 6.07) is 8.05. The molecule has 1 aliphatic rings. The quantitative estimate of drug-likeness (QED) is 0.869. The third-order valence-corrected chi connectivity index (χ3v) is 4.48. The number of hydrogen-bond donors (Lipinski definition) is 2. The Hall–Kier alpha value is -1.06. The summed E-state index contributed by atoms with van der Waals surface area (Å²) in [7, 11) is 1.67. The Morgan fingerprint density at radius 1 is 1.10 bits per heavy atom. The summed E-state index contributed by atoms with van der Waals surface area (Å²) in [5, 5.41) is 14.0. The highest BCUT2D eigenvalue weighted by atomic mass is 16.5. The van der Waals surface area contributed by atoms with Crippen molar-refractivity contribution in [2.45, 2.75) is 51.7 Å². The zero-order valence-corrected chi connectivity index (χ0v) is 12.9. The molecular weight excluding hydrogens is 250 g/mol. The van der Waals surface area contributed by atoms with E-state index in [-0.39, 0.29) is 0 Å². The standard InChI is InChI=1S/C17H27NO2/c1-16(2)8-10-17(19,11-9-16)13-18-12-14-4-6-15(20-3)7-5-14/h4-7,18-19H,8-13H2,1-3H3. The maximum Gasteiger partial charge on any atom is 0.118 e. The van der Waals surface area contributed by atoms with Gasteiger partial charge in [-0.25, -0.2) is 0 Å². The monoisotopic (exact) mass is 277 g/mol. The lowest BCUT2D eigenvalue weighted by Gasteiger charge is -2.40. The molecule has 0 aromatic heterocycles. The summed E-state index contributed by atoms with van der Waals surface area (Å²) in [6.45, 7) is 6.04. The van der Waals surface area contributed by atoms with Crippen LogP contribution >= 0.6 is 0 Å². The van der Waals surface area contributed by atoms with E-state index < -0.39 is 5.60 Å². The lowest BCUT2D eigenvalue weighted by molar-refractivity contribution is -0.0245. The molecule has 1 aliphatic carbocycles. The van der Waals surface area contributed by atoms with E-state index in [0.717, 1.165) is 38.0 Å². The lowest BCUT2D eigenvalue weighted by Crippen LogP contribution is -2.44. The maximum absolute atomic E-state index is 10.6.